The number of aromatic nitrogens is 5. The monoisotopic (exact) mass is 466 g/mol. The van der Waals surface area contributed by atoms with Crippen molar-refractivity contribution in [2.45, 2.75) is 25.7 Å². The second kappa shape index (κ2) is 7.22. The summed E-state index contributed by atoms with van der Waals surface area (Å²) in [6.45, 7) is 1.46. The molecule has 0 aliphatic carbocycles. The third-order valence-electron chi connectivity index (χ3n) is 4.81. The lowest BCUT2D eigenvalue weighted by Crippen LogP contribution is -2.36. The molecule has 0 spiro atoms. The van der Waals surface area contributed by atoms with Crippen LogP contribution in [0.2, 0.25) is 0 Å². The summed E-state index contributed by atoms with van der Waals surface area (Å²) in [4.78, 5) is 18.1. The molecule has 8 nitrogen and oxygen atoms in total. The minimum atomic E-state index is -0.692. The first kappa shape index (κ1) is 17.3. The molecule has 0 aromatic carbocycles. The first-order valence-electron chi connectivity index (χ1n) is 8.62. The summed E-state index contributed by atoms with van der Waals surface area (Å²) in [5.41, 5.74) is 3.02. The maximum absolute atomic E-state index is 11.2. The maximum Gasteiger partial charge on any atom is 0.306 e. The number of carbonyl (C=O) groups is 1. The van der Waals surface area contributed by atoms with Gasteiger partial charge in [0, 0.05) is 31.9 Å². The van der Waals surface area contributed by atoms with Gasteiger partial charge in [-0.25, -0.2) is 12.4 Å². The standard InChI is InChI=1S/C17H19IN6O2/c18-24-11-12(10-19-24)3-4-15-20-16-14(2-1-7-23(16)21-15)22-8-5-13(6-9-22)17(25)26/h1-2,7,10-11,13H,3-6,8-9H2,(H,25,26). The second-order valence-electron chi connectivity index (χ2n) is 6.53. The van der Waals surface area contributed by atoms with Crippen molar-refractivity contribution in [3.05, 3.63) is 42.1 Å². The Morgan fingerprint density at radius 3 is 2.81 bits per heavy atom. The van der Waals surface area contributed by atoms with Crippen LogP contribution in [0.15, 0.2) is 30.7 Å². The number of halogens is 1. The highest BCUT2D eigenvalue weighted by Gasteiger charge is 2.26. The van der Waals surface area contributed by atoms with Crippen LogP contribution in [0.3, 0.4) is 0 Å². The van der Waals surface area contributed by atoms with E-state index in [0.29, 0.717) is 12.8 Å². The third-order valence-corrected chi connectivity index (χ3v) is 5.34. The van der Waals surface area contributed by atoms with Crippen LogP contribution < -0.4 is 4.90 Å². The van der Waals surface area contributed by atoms with Crippen molar-refractivity contribution in [1.82, 2.24) is 22.6 Å². The summed E-state index contributed by atoms with van der Waals surface area (Å²) >= 11 is 2.13. The maximum atomic E-state index is 11.2. The van der Waals surface area contributed by atoms with Gasteiger partial charge >= 0.3 is 5.97 Å². The van der Waals surface area contributed by atoms with Gasteiger partial charge in [-0.2, -0.15) is 10.2 Å². The molecule has 1 aliphatic heterocycles. The van der Waals surface area contributed by atoms with Gasteiger partial charge in [-0.1, -0.05) is 0 Å². The van der Waals surface area contributed by atoms with E-state index in [1.54, 1.807) is 2.90 Å². The molecule has 1 fully saturated rings. The lowest BCUT2D eigenvalue weighted by atomic mass is 9.97. The Morgan fingerprint density at radius 2 is 2.12 bits per heavy atom. The molecule has 0 unspecified atom stereocenters. The molecule has 0 bridgehead atoms. The van der Waals surface area contributed by atoms with Crippen LogP contribution in [0.1, 0.15) is 24.2 Å². The predicted octanol–water partition coefficient (Wildman–Crippen LogP) is 2.21. The van der Waals surface area contributed by atoms with Gasteiger partial charge in [-0.05, 0) is 37.0 Å². The van der Waals surface area contributed by atoms with Crippen LogP contribution in [0.4, 0.5) is 5.69 Å². The number of aryl methyl sites for hydroxylation is 2. The largest absolute Gasteiger partial charge is 0.481 e. The smallest absolute Gasteiger partial charge is 0.306 e. The van der Waals surface area contributed by atoms with Gasteiger partial charge in [0.25, 0.3) is 0 Å². The Morgan fingerprint density at radius 1 is 1.31 bits per heavy atom. The van der Waals surface area contributed by atoms with Crippen molar-refractivity contribution in [3.63, 3.8) is 0 Å². The minimum Gasteiger partial charge on any atom is -0.481 e. The average Bonchev–Trinajstić information content (AvgIpc) is 3.25. The molecule has 0 radical (unpaired) electrons. The molecule has 26 heavy (non-hydrogen) atoms. The summed E-state index contributed by atoms with van der Waals surface area (Å²) in [5, 5.41) is 17.9. The molecule has 3 aromatic rings. The normalized spacial score (nSPS) is 15.7. The first-order valence-corrected chi connectivity index (χ1v) is 9.58. The quantitative estimate of drug-likeness (QED) is 0.581. The number of carboxylic acid groups (broad SMARTS) is 1. The number of hydrogen-bond acceptors (Lipinski definition) is 5. The van der Waals surface area contributed by atoms with Gasteiger partial charge in [0.1, 0.15) is 0 Å². The van der Waals surface area contributed by atoms with Crippen molar-refractivity contribution in [2.75, 3.05) is 18.0 Å². The lowest BCUT2D eigenvalue weighted by molar-refractivity contribution is -0.142. The van der Waals surface area contributed by atoms with Gasteiger partial charge < -0.3 is 10.0 Å². The van der Waals surface area contributed by atoms with E-state index in [9.17, 15) is 9.90 Å². The summed E-state index contributed by atoms with van der Waals surface area (Å²) < 4.78 is 3.58. The number of carboxylic acids is 1. The van der Waals surface area contributed by atoms with Gasteiger partial charge in [0.05, 0.1) is 40.7 Å². The predicted molar refractivity (Wildman–Crippen MR) is 105 cm³/mol. The van der Waals surface area contributed by atoms with E-state index in [2.05, 4.69) is 38.0 Å². The number of anilines is 1. The minimum absolute atomic E-state index is 0.238. The van der Waals surface area contributed by atoms with Gasteiger partial charge in [-0.15, -0.1) is 0 Å². The lowest BCUT2D eigenvalue weighted by Gasteiger charge is -2.31. The zero-order valence-corrected chi connectivity index (χ0v) is 16.3. The summed E-state index contributed by atoms with van der Waals surface area (Å²) in [6, 6.07) is 4.00. The van der Waals surface area contributed by atoms with Gasteiger partial charge in [0.15, 0.2) is 11.5 Å². The highest BCUT2D eigenvalue weighted by molar-refractivity contribution is 14.1. The highest BCUT2D eigenvalue weighted by atomic mass is 127. The molecule has 4 heterocycles. The molecule has 1 saturated heterocycles. The van der Waals surface area contributed by atoms with E-state index in [0.717, 1.165) is 48.7 Å². The number of hydrogen-bond donors (Lipinski definition) is 1. The van der Waals surface area contributed by atoms with Crippen molar-refractivity contribution in [3.8, 4) is 0 Å². The first-order chi connectivity index (χ1) is 12.6. The van der Waals surface area contributed by atoms with Crippen LogP contribution in [0, 0.1) is 5.92 Å². The molecular weight excluding hydrogens is 447 g/mol. The Balaban J connectivity index is 1.51. The van der Waals surface area contributed by atoms with Crippen LogP contribution in [0.25, 0.3) is 5.65 Å². The number of nitrogens with zero attached hydrogens (tertiary/aromatic N) is 6. The SMILES string of the molecule is O=C(O)C1CCN(c2cccn3nc(CCc4cnn(I)c4)nc23)CC1. The molecule has 1 N–H and O–H groups in total. The summed E-state index contributed by atoms with van der Waals surface area (Å²) in [5.74, 6) is -0.125. The third kappa shape index (κ3) is 3.53. The summed E-state index contributed by atoms with van der Waals surface area (Å²) in [6.07, 6.45) is 8.69. The average molecular weight is 466 g/mol. The van der Waals surface area contributed by atoms with Crippen molar-refractivity contribution < 1.29 is 9.90 Å². The number of piperidine rings is 1. The number of rotatable bonds is 5. The number of fused-ring (bicyclic) bond motifs is 1. The topological polar surface area (TPSA) is 88.5 Å². The molecule has 3 aromatic heterocycles. The van der Waals surface area contributed by atoms with E-state index >= 15 is 0 Å². The van der Waals surface area contributed by atoms with Gasteiger partial charge in [0.2, 0.25) is 0 Å². The summed E-state index contributed by atoms with van der Waals surface area (Å²) in [7, 11) is 0. The van der Waals surface area contributed by atoms with Crippen LogP contribution in [-0.4, -0.2) is 46.8 Å². The Kier molecular flexibility index (Phi) is 4.79. The van der Waals surface area contributed by atoms with Crippen LogP contribution in [-0.2, 0) is 17.6 Å². The van der Waals surface area contributed by atoms with Crippen molar-refractivity contribution in [1.29, 1.82) is 0 Å². The molecule has 9 heteroatoms. The van der Waals surface area contributed by atoms with Gasteiger partial charge in [-0.3, -0.25) is 4.79 Å². The van der Waals surface area contributed by atoms with E-state index in [1.165, 1.54) is 0 Å². The zero-order chi connectivity index (χ0) is 18.1. The Bertz CT molecular complexity index is 928. The molecule has 136 valence electrons. The fourth-order valence-corrected chi connectivity index (χ4v) is 3.86. The number of pyridine rings is 1. The zero-order valence-electron chi connectivity index (χ0n) is 14.1. The molecule has 0 amide bonds. The number of aliphatic carboxylic acids is 1. The fourth-order valence-electron chi connectivity index (χ4n) is 3.37. The van der Waals surface area contributed by atoms with E-state index < -0.39 is 5.97 Å². The van der Waals surface area contributed by atoms with Crippen LogP contribution in [0.5, 0.6) is 0 Å². The second-order valence-corrected chi connectivity index (χ2v) is 7.51. The van der Waals surface area contributed by atoms with E-state index in [4.69, 9.17) is 4.98 Å². The molecular formula is C17H19IN6O2. The van der Waals surface area contributed by atoms with Crippen LogP contribution >= 0.6 is 22.9 Å². The van der Waals surface area contributed by atoms with E-state index in [-0.39, 0.29) is 5.92 Å². The fraction of sp³-hybridized carbons (Fsp3) is 0.412. The highest BCUT2D eigenvalue weighted by Crippen LogP contribution is 2.26. The Hall–Kier alpha value is -2.17. The van der Waals surface area contributed by atoms with Crippen molar-refractivity contribution in [2.24, 2.45) is 5.92 Å². The van der Waals surface area contributed by atoms with Crippen molar-refractivity contribution >= 4 is 40.2 Å². The Labute approximate surface area is 164 Å². The molecule has 4 rings (SSSR count). The van der Waals surface area contributed by atoms with E-state index in [1.807, 2.05) is 35.2 Å². The molecule has 0 atom stereocenters. The molecule has 1 aliphatic rings. The molecule has 0 saturated carbocycles.